The van der Waals surface area contributed by atoms with Gasteiger partial charge in [0.2, 0.25) is 0 Å². The average Bonchev–Trinajstić information content (AvgIpc) is 2.60. The molecule has 1 aliphatic heterocycles. The molecule has 1 aliphatic rings. The van der Waals surface area contributed by atoms with Crippen molar-refractivity contribution in [3.63, 3.8) is 0 Å². The second-order valence-electron chi connectivity index (χ2n) is 8.79. The van der Waals surface area contributed by atoms with Crippen LogP contribution in [0.4, 0.5) is 5.69 Å². The van der Waals surface area contributed by atoms with E-state index in [-0.39, 0.29) is 0 Å². The number of benzene rings is 1. The molecule has 2 nitrogen and oxygen atoms in total. The minimum absolute atomic E-state index is 0.301. The van der Waals surface area contributed by atoms with Crippen molar-refractivity contribution in [2.24, 2.45) is 11.8 Å². The van der Waals surface area contributed by atoms with Gasteiger partial charge in [-0.05, 0) is 60.9 Å². The third kappa shape index (κ3) is 5.74. The maximum Gasteiger partial charge on any atom is 0.0343 e. The van der Waals surface area contributed by atoms with Crippen LogP contribution in [0, 0.1) is 11.8 Å². The van der Waals surface area contributed by atoms with Gasteiger partial charge in [-0.25, -0.2) is 0 Å². The van der Waals surface area contributed by atoms with Crippen molar-refractivity contribution in [1.82, 2.24) is 4.90 Å². The van der Waals surface area contributed by atoms with Crippen molar-refractivity contribution in [1.29, 1.82) is 0 Å². The summed E-state index contributed by atoms with van der Waals surface area (Å²) in [6, 6.07) is 9.18. The van der Waals surface area contributed by atoms with Gasteiger partial charge in [-0.1, -0.05) is 66.0 Å². The van der Waals surface area contributed by atoms with Crippen LogP contribution in [0.5, 0.6) is 0 Å². The molecule has 2 unspecified atom stereocenters. The highest BCUT2D eigenvalue weighted by molar-refractivity contribution is 5.48. The third-order valence-corrected chi connectivity index (χ3v) is 6.13. The molecule has 0 aromatic heterocycles. The molecule has 1 heterocycles. The number of likely N-dealkylation sites (tertiary alicyclic amines) is 1. The van der Waals surface area contributed by atoms with Gasteiger partial charge >= 0.3 is 0 Å². The van der Waals surface area contributed by atoms with Crippen LogP contribution < -0.4 is 5.32 Å². The first kappa shape index (κ1) is 20.3. The molecular formula is C23H40N2. The lowest BCUT2D eigenvalue weighted by atomic mass is 9.68. The zero-order valence-electron chi connectivity index (χ0n) is 17.3. The van der Waals surface area contributed by atoms with E-state index in [2.05, 4.69) is 69.1 Å². The highest BCUT2D eigenvalue weighted by Gasteiger charge is 2.37. The second-order valence-corrected chi connectivity index (χ2v) is 8.79. The second kappa shape index (κ2) is 9.62. The van der Waals surface area contributed by atoms with E-state index in [1.165, 1.54) is 63.0 Å². The number of piperidine rings is 1. The predicted molar refractivity (Wildman–Crippen MR) is 111 cm³/mol. The molecule has 1 fully saturated rings. The molecule has 0 bridgehead atoms. The van der Waals surface area contributed by atoms with Gasteiger partial charge in [0.25, 0.3) is 0 Å². The number of hydrogen-bond donors (Lipinski definition) is 1. The van der Waals surface area contributed by atoms with E-state index in [0.717, 1.165) is 6.54 Å². The number of rotatable bonds is 9. The van der Waals surface area contributed by atoms with Gasteiger partial charge in [-0.2, -0.15) is 0 Å². The molecule has 0 aliphatic carbocycles. The molecule has 0 radical (unpaired) electrons. The van der Waals surface area contributed by atoms with Gasteiger partial charge in [0.15, 0.2) is 0 Å². The lowest BCUT2D eigenvalue weighted by Gasteiger charge is -2.45. The predicted octanol–water partition coefficient (Wildman–Crippen LogP) is 5.93. The molecule has 0 spiro atoms. The lowest BCUT2D eigenvalue weighted by Crippen LogP contribution is -2.47. The molecule has 1 aromatic carbocycles. The molecule has 2 heteroatoms. The molecule has 1 N–H and O–H groups in total. The van der Waals surface area contributed by atoms with E-state index in [9.17, 15) is 0 Å². The summed E-state index contributed by atoms with van der Waals surface area (Å²) in [5, 5.41) is 3.59. The Morgan fingerprint density at radius 1 is 1.24 bits per heavy atom. The summed E-state index contributed by atoms with van der Waals surface area (Å²) in [5.41, 5.74) is 3.09. The van der Waals surface area contributed by atoms with Crippen LogP contribution in [0.15, 0.2) is 24.3 Å². The molecule has 1 saturated heterocycles. The maximum absolute atomic E-state index is 3.59. The summed E-state index contributed by atoms with van der Waals surface area (Å²) in [5.74, 6) is 1.38. The Labute approximate surface area is 156 Å². The fourth-order valence-corrected chi connectivity index (χ4v) is 4.02. The van der Waals surface area contributed by atoms with E-state index < -0.39 is 0 Å². The van der Waals surface area contributed by atoms with Gasteiger partial charge in [0.1, 0.15) is 0 Å². The zero-order valence-corrected chi connectivity index (χ0v) is 17.3. The summed E-state index contributed by atoms with van der Waals surface area (Å²) >= 11 is 0. The van der Waals surface area contributed by atoms with Crippen LogP contribution in [0.2, 0.25) is 0 Å². The summed E-state index contributed by atoms with van der Waals surface area (Å²) in [4.78, 5) is 2.70. The number of anilines is 1. The van der Waals surface area contributed by atoms with Crippen LogP contribution in [-0.2, 0) is 5.41 Å². The van der Waals surface area contributed by atoms with Crippen molar-refractivity contribution >= 4 is 5.69 Å². The van der Waals surface area contributed by atoms with E-state index in [4.69, 9.17) is 0 Å². The minimum Gasteiger partial charge on any atom is -0.385 e. The van der Waals surface area contributed by atoms with Crippen LogP contribution in [0.1, 0.15) is 72.3 Å². The van der Waals surface area contributed by atoms with Gasteiger partial charge in [0.05, 0.1) is 0 Å². The highest BCUT2D eigenvalue weighted by Crippen LogP contribution is 2.40. The largest absolute Gasteiger partial charge is 0.385 e. The smallest absolute Gasteiger partial charge is 0.0343 e. The van der Waals surface area contributed by atoms with E-state index >= 15 is 0 Å². The molecule has 2 rings (SSSR count). The summed E-state index contributed by atoms with van der Waals surface area (Å²) in [6.07, 6.45) is 6.75. The van der Waals surface area contributed by atoms with Crippen LogP contribution in [0.3, 0.4) is 0 Å². The lowest BCUT2D eigenvalue weighted by molar-refractivity contribution is 0.109. The number of nitrogens with one attached hydrogen (secondary N) is 1. The quantitative estimate of drug-likeness (QED) is 0.558. The van der Waals surface area contributed by atoms with Crippen molar-refractivity contribution in [3.05, 3.63) is 29.8 Å². The topological polar surface area (TPSA) is 15.3 Å². The Bertz CT molecular complexity index is 511. The Kier molecular flexibility index (Phi) is 7.81. The van der Waals surface area contributed by atoms with E-state index in [0.29, 0.717) is 17.3 Å². The third-order valence-electron chi connectivity index (χ3n) is 6.13. The van der Waals surface area contributed by atoms with Crippen molar-refractivity contribution in [2.45, 2.75) is 72.1 Å². The monoisotopic (exact) mass is 344 g/mol. The van der Waals surface area contributed by atoms with E-state index in [1.807, 2.05) is 0 Å². The normalized spacial score (nSPS) is 24.6. The molecule has 142 valence electrons. The fraction of sp³-hybridized carbons (Fsp3) is 0.739. The molecule has 2 atom stereocenters. The van der Waals surface area contributed by atoms with Crippen LogP contribution in [-0.4, -0.2) is 31.1 Å². The first-order chi connectivity index (χ1) is 12.0. The minimum atomic E-state index is 0.301. The van der Waals surface area contributed by atoms with Crippen molar-refractivity contribution in [2.75, 3.05) is 31.5 Å². The first-order valence-electron chi connectivity index (χ1n) is 10.5. The van der Waals surface area contributed by atoms with Gasteiger partial charge in [-0.3, -0.25) is 0 Å². The highest BCUT2D eigenvalue weighted by atomic mass is 15.1. The van der Waals surface area contributed by atoms with Crippen LogP contribution in [0.25, 0.3) is 0 Å². The van der Waals surface area contributed by atoms with Gasteiger partial charge in [0, 0.05) is 18.8 Å². The zero-order chi connectivity index (χ0) is 18.3. The molecule has 0 saturated carbocycles. The molecular weight excluding hydrogens is 304 g/mol. The Morgan fingerprint density at radius 2 is 2.04 bits per heavy atom. The molecule has 0 amide bonds. The molecule has 25 heavy (non-hydrogen) atoms. The number of unbranched alkanes of at least 4 members (excludes halogenated alkanes) is 3. The number of nitrogens with zero attached hydrogens (tertiary/aromatic N) is 1. The van der Waals surface area contributed by atoms with Crippen molar-refractivity contribution in [3.8, 4) is 0 Å². The summed E-state index contributed by atoms with van der Waals surface area (Å²) in [7, 11) is 0. The Morgan fingerprint density at radius 3 is 2.72 bits per heavy atom. The summed E-state index contributed by atoms with van der Waals surface area (Å²) < 4.78 is 0. The standard InChI is InChI=1S/C23H40N2/c1-6-7-8-9-14-25-15-13-23(5,20(4)18-25)21-11-10-12-22(16-21)24-17-19(2)3/h10-12,16,19-20,24H,6-9,13-15,17-18H2,1-5H3. The fourth-order valence-electron chi connectivity index (χ4n) is 4.02. The Hall–Kier alpha value is -1.02. The SMILES string of the molecule is CCCCCCN1CCC(C)(c2cccc(NCC(C)C)c2)C(C)C1. The van der Waals surface area contributed by atoms with E-state index in [1.54, 1.807) is 0 Å². The number of hydrogen-bond acceptors (Lipinski definition) is 2. The first-order valence-corrected chi connectivity index (χ1v) is 10.5. The van der Waals surface area contributed by atoms with Crippen LogP contribution >= 0.6 is 0 Å². The van der Waals surface area contributed by atoms with Gasteiger partial charge in [-0.15, -0.1) is 0 Å². The molecule has 1 aromatic rings. The Balaban J connectivity index is 1.96. The summed E-state index contributed by atoms with van der Waals surface area (Å²) in [6.45, 7) is 16.6. The van der Waals surface area contributed by atoms with Gasteiger partial charge < -0.3 is 10.2 Å². The maximum atomic E-state index is 3.59. The van der Waals surface area contributed by atoms with Crippen molar-refractivity contribution < 1.29 is 0 Å². The average molecular weight is 345 g/mol.